The van der Waals surface area contributed by atoms with Gasteiger partial charge >= 0.3 is 0 Å². The van der Waals surface area contributed by atoms with Crippen LogP contribution in [0.4, 0.5) is 0 Å². The molecule has 0 radical (unpaired) electrons. The highest BCUT2D eigenvalue weighted by Gasteiger charge is 2.48. The minimum atomic E-state index is -1.42. The molecule has 9 heteroatoms. The van der Waals surface area contributed by atoms with E-state index in [0.29, 0.717) is 5.92 Å². The van der Waals surface area contributed by atoms with Crippen LogP contribution in [0.25, 0.3) is 0 Å². The van der Waals surface area contributed by atoms with E-state index >= 15 is 0 Å². The van der Waals surface area contributed by atoms with E-state index in [2.05, 4.69) is 12.2 Å². The van der Waals surface area contributed by atoms with E-state index in [9.17, 15) is 25.2 Å². The van der Waals surface area contributed by atoms with Crippen LogP contribution in [-0.2, 0) is 9.53 Å². The minimum Gasteiger partial charge on any atom is -0.391 e. The van der Waals surface area contributed by atoms with Crippen LogP contribution in [-0.4, -0.2) is 99.1 Å². The van der Waals surface area contributed by atoms with Crippen molar-refractivity contribution in [3.63, 3.8) is 0 Å². The van der Waals surface area contributed by atoms with E-state index in [1.165, 1.54) is 18.7 Å². The van der Waals surface area contributed by atoms with Crippen molar-refractivity contribution in [2.75, 3.05) is 19.8 Å². The number of carbonyl (C=O) groups is 1. The lowest BCUT2D eigenvalue weighted by Crippen LogP contribution is -2.65. The van der Waals surface area contributed by atoms with Gasteiger partial charge in [-0.05, 0) is 39.0 Å². The summed E-state index contributed by atoms with van der Waals surface area (Å²) in [6.45, 7) is 4.48. The third kappa shape index (κ3) is 5.14. The van der Waals surface area contributed by atoms with Gasteiger partial charge in [-0.1, -0.05) is 13.3 Å². The van der Waals surface area contributed by atoms with Crippen molar-refractivity contribution >= 4 is 17.7 Å². The number of aliphatic hydroxyl groups is 4. The lowest BCUT2D eigenvalue weighted by molar-refractivity contribution is -0.211. The summed E-state index contributed by atoms with van der Waals surface area (Å²) in [5.41, 5.74) is -0.755. The molecule has 2 heterocycles. The predicted molar refractivity (Wildman–Crippen MR) is 103 cm³/mol. The third-order valence-electron chi connectivity index (χ3n) is 5.66. The van der Waals surface area contributed by atoms with Crippen LogP contribution in [0, 0.1) is 5.92 Å². The van der Waals surface area contributed by atoms with E-state index in [1.54, 1.807) is 6.26 Å². The first kappa shape index (κ1) is 22.9. The molecule has 0 bridgehead atoms. The third-order valence-corrected chi connectivity index (χ3v) is 6.51. The Morgan fingerprint density at radius 3 is 2.52 bits per heavy atom. The van der Waals surface area contributed by atoms with Gasteiger partial charge in [-0.3, -0.25) is 9.69 Å². The van der Waals surface area contributed by atoms with E-state index in [1.807, 2.05) is 11.9 Å². The molecule has 5 unspecified atom stereocenters. The number of nitrogens with zero attached hydrogens (tertiary/aromatic N) is 1. The molecule has 5 N–H and O–H groups in total. The second-order valence-corrected chi connectivity index (χ2v) is 8.73. The largest absolute Gasteiger partial charge is 0.391 e. The number of likely N-dealkylation sites (N-methyl/N-ethyl adjacent to an activating group) is 1. The maximum atomic E-state index is 12.8. The first-order valence-electron chi connectivity index (χ1n) is 9.62. The number of amides is 1. The Hall–Kier alpha value is -0.420. The molecule has 0 spiro atoms. The Bertz CT molecular complexity index is 494. The number of thioether (sulfide) groups is 1. The van der Waals surface area contributed by atoms with Crippen LogP contribution in [0.1, 0.15) is 33.1 Å². The molecule has 27 heavy (non-hydrogen) atoms. The highest BCUT2D eigenvalue weighted by Crippen LogP contribution is 2.30. The Morgan fingerprint density at radius 2 is 1.96 bits per heavy atom. The van der Waals surface area contributed by atoms with Gasteiger partial charge in [-0.25, -0.2) is 0 Å². The number of rotatable bonds is 7. The summed E-state index contributed by atoms with van der Waals surface area (Å²) < 4.78 is 5.72. The standard InChI is InChI=1S/C18H34N2O6S/c1-5-6-10-7-11(20(3)8-10)17(25)19-12(9(2)21)16-14(23)13(22)15(24)18(26-16)27-4/h9-16,18,21-24H,5-8H2,1-4H3,(H,19,25)/t9-,10?,11?,12-,13?,14-,15?,16?,18-/m1/s1. The van der Waals surface area contributed by atoms with Crippen molar-refractivity contribution < 1.29 is 30.0 Å². The molecular formula is C18H34N2O6S. The smallest absolute Gasteiger partial charge is 0.237 e. The Morgan fingerprint density at radius 1 is 1.30 bits per heavy atom. The maximum absolute atomic E-state index is 12.8. The zero-order chi connectivity index (χ0) is 20.3. The summed E-state index contributed by atoms with van der Waals surface area (Å²) in [5, 5.41) is 43.5. The number of hydrogen-bond acceptors (Lipinski definition) is 8. The Labute approximate surface area is 165 Å². The molecule has 0 aromatic carbocycles. The van der Waals surface area contributed by atoms with Gasteiger partial charge in [0, 0.05) is 6.54 Å². The number of hydrogen-bond donors (Lipinski definition) is 5. The van der Waals surface area contributed by atoms with E-state index in [0.717, 1.165) is 25.8 Å². The molecule has 0 aromatic rings. The normalized spacial score (nSPS) is 39.9. The molecule has 2 saturated heterocycles. The molecule has 2 aliphatic rings. The van der Waals surface area contributed by atoms with Gasteiger partial charge in [0.2, 0.25) is 5.91 Å². The van der Waals surface area contributed by atoms with Crippen LogP contribution < -0.4 is 5.32 Å². The number of likely N-dealkylation sites (tertiary alicyclic amines) is 1. The zero-order valence-electron chi connectivity index (χ0n) is 16.5. The van der Waals surface area contributed by atoms with Crippen molar-refractivity contribution in [2.24, 2.45) is 5.92 Å². The molecule has 9 atom stereocenters. The summed E-state index contributed by atoms with van der Waals surface area (Å²) in [7, 11) is 1.91. The molecule has 2 fully saturated rings. The van der Waals surface area contributed by atoms with Crippen molar-refractivity contribution in [3.8, 4) is 0 Å². The first-order valence-corrected chi connectivity index (χ1v) is 10.9. The van der Waals surface area contributed by atoms with Crippen molar-refractivity contribution in [3.05, 3.63) is 0 Å². The van der Waals surface area contributed by atoms with Gasteiger partial charge in [0.15, 0.2) is 0 Å². The van der Waals surface area contributed by atoms with Gasteiger partial charge in [0.1, 0.15) is 29.9 Å². The minimum absolute atomic E-state index is 0.223. The molecule has 0 aromatic heterocycles. The second kappa shape index (κ2) is 9.87. The van der Waals surface area contributed by atoms with Crippen molar-refractivity contribution in [1.82, 2.24) is 10.2 Å². The number of ether oxygens (including phenoxy) is 1. The summed E-state index contributed by atoms with van der Waals surface area (Å²) in [6, 6.07) is -1.20. The molecule has 158 valence electrons. The quantitative estimate of drug-likeness (QED) is 0.370. The molecule has 1 amide bonds. The van der Waals surface area contributed by atoms with Gasteiger partial charge in [-0.15, -0.1) is 11.8 Å². The summed E-state index contributed by atoms with van der Waals surface area (Å²) in [5.74, 6) is 0.245. The lowest BCUT2D eigenvalue weighted by atomic mass is 9.92. The SMILES string of the molecule is CCCC1CC(C(=O)N[C@@H](C2O[C@H](SC)C(O)C(O)[C@H]2O)[C@@H](C)O)N(C)C1. The topological polar surface area (TPSA) is 122 Å². The van der Waals surface area contributed by atoms with Gasteiger partial charge in [-0.2, -0.15) is 0 Å². The Balaban J connectivity index is 2.09. The number of carbonyl (C=O) groups excluding carboxylic acids is 1. The van der Waals surface area contributed by atoms with Gasteiger partial charge in [0.05, 0.1) is 18.2 Å². The average Bonchev–Trinajstić information content (AvgIpc) is 2.99. The van der Waals surface area contributed by atoms with Crippen molar-refractivity contribution in [1.29, 1.82) is 0 Å². The second-order valence-electron chi connectivity index (χ2n) is 7.80. The zero-order valence-corrected chi connectivity index (χ0v) is 17.3. The maximum Gasteiger partial charge on any atom is 0.237 e. The van der Waals surface area contributed by atoms with Crippen LogP contribution in [0.2, 0.25) is 0 Å². The van der Waals surface area contributed by atoms with Crippen LogP contribution in [0.15, 0.2) is 0 Å². The molecule has 0 aliphatic carbocycles. The monoisotopic (exact) mass is 406 g/mol. The molecule has 2 rings (SSSR count). The highest BCUT2D eigenvalue weighted by molar-refractivity contribution is 7.99. The van der Waals surface area contributed by atoms with E-state index in [4.69, 9.17) is 4.74 Å². The van der Waals surface area contributed by atoms with Crippen molar-refractivity contribution in [2.45, 2.75) is 81.1 Å². The fourth-order valence-corrected chi connectivity index (χ4v) is 4.81. The fourth-order valence-electron chi connectivity index (χ4n) is 4.13. The summed E-state index contributed by atoms with van der Waals surface area (Å²) in [4.78, 5) is 14.9. The lowest BCUT2D eigenvalue weighted by Gasteiger charge is -2.44. The average molecular weight is 407 g/mol. The van der Waals surface area contributed by atoms with Crippen LogP contribution >= 0.6 is 11.8 Å². The van der Waals surface area contributed by atoms with Gasteiger partial charge in [0.25, 0.3) is 0 Å². The highest BCUT2D eigenvalue weighted by atomic mass is 32.2. The number of nitrogens with one attached hydrogen (secondary N) is 1. The molecular weight excluding hydrogens is 372 g/mol. The van der Waals surface area contributed by atoms with Crippen LogP contribution in [0.5, 0.6) is 0 Å². The van der Waals surface area contributed by atoms with E-state index < -0.39 is 42.0 Å². The van der Waals surface area contributed by atoms with E-state index in [-0.39, 0.29) is 11.9 Å². The Kier molecular flexibility index (Phi) is 8.35. The fraction of sp³-hybridized carbons (Fsp3) is 0.944. The van der Waals surface area contributed by atoms with Crippen LogP contribution in [0.3, 0.4) is 0 Å². The van der Waals surface area contributed by atoms with Gasteiger partial charge < -0.3 is 30.5 Å². The molecule has 0 saturated carbocycles. The number of aliphatic hydroxyl groups excluding tert-OH is 4. The molecule has 2 aliphatic heterocycles. The summed E-state index contributed by atoms with van der Waals surface area (Å²) in [6.07, 6.45) is -1.50. The predicted octanol–water partition coefficient (Wildman–Crippen LogP) is -0.857. The first-order chi connectivity index (χ1) is 12.7. The molecule has 8 nitrogen and oxygen atoms in total. The summed E-state index contributed by atoms with van der Waals surface area (Å²) >= 11 is 1.20.